The van der Waals surface area contributed by atoms with Crippen molar-refractivity contribution in [3.63, 3.8) is 0 Å². The van der Waals surface area contributed by atoms with Gasteiger partial charge in [-0.3, -0.25) is 9.59 Å². The van der Waals surface area contributed by atoms with Crippen LogP contribution in [0.25, 0.3) is 11.0 Å². The number of carbonyl (C=O) groups excluding carboxylic acids is 2. The largest absolute Gasteiger partial charge is 0.503 e. The number of nitrogens with zero attached hydrogens (tertiary/aromatic N) is 1. The number of hydrogen-bond donors (Lipinski definition) is 1. The zero-order valence-electron chi connectivity index (χ0n) is 19.0. The third kappa shape index (κ3) is 4.28. The van der Waals surface area contributed by atoms with E-state index in [1.807, 2.05) is 24.3 Å². The van der Waals surface area contributed by atoms with E-state index in [0.717, 1.165) is 11.1 Å². The van der Waals surface area contributed by atoms with Crippen molar-refractivity contribution in [3.8, 4) is 0 Å². The van der Waals surface area contributed by atoms with Crippen molar-refractivity contribution in [2.24, 2.45) is 0 Å². The van der Waals surface area contributed by atoms with Gasteiger partial charge in [0.1, 0.15) is 5.58 Å². The van der Waals surface area contributed by atoms with Gasteiger partial charge in [-0.05, 0) is 40.8 Å². The number of ether oxygens (including phenoxy) is 1. The molecule has 0 bridgehead atoms. The SMILES string of the molecule is COCCN1C(=O)C(O)=C(C(=O)c2cc3cc(Cl)ccc3o2)C1c1ccc(C(C)(C)C)cc1. The first-order chi connectivity index (χ1) is 15.6. The van der Waals surface area contributed by atoms with Gasteiger partial charge in [0.2, 0.25) is 5.78 Å². The van der Waals surface area contributed by atoms with Crippen molar-refractivity contribution in [3.05, 3.63) is 81.8 Å². The Kier molecular flexibility index (Phi) is 6.08. The van der Waals surface area contributed by atoms with Crippen LogP contribution in [0.15, 0.2) is 64.3 Å². The fourth-order valence-corrected chi connectivity index (χ4v) is 4.26. The molecule has 2 heterocycles. The summed E-state index contributed by atoms with van der Waals surface area (Å²) >= 11 is 6.05. The smallest absolute Gasteiger partial charge is 0.290 e. The molecule has 1 atom stereocenters. The summed E-state index contributed by atoms with van der Waals surface area (Å²) in [5, 5.41) is 11.9. The number of amides is 1. The van der Waals surface area contributed by atoms with Crippen LogP contribution in [0.1, 0.15) is 48.5 Å². The van der Waals surface area contributed by atoms with Gasteiger partial charge in [0.25, 0.3) is 5.91 Å². The van der Waals surface area contributed by atoms with Crippen molar-refractivity contribution in [2.75, 3.05) is 20.3 Å². The summed E-state index contributed by atoms with van der Waals surface area (Å²) < 4.78 is 10.9. The van der Waals surface area contributed by atoms with Crippen molar-refractivity contribution in [2.45, 2.75) is 32.2 Å². The van der Waals surface area contributed by atoms with Crippen molar-refractivity contribution in [1.29, 1.82) is 0 Å². The van der Waals surface area contributed by atoms with Gasteiger partial charge in [0.15, 0.2) is 11.5 Å². The molecule has 0 aliphatic carbocycles. The van der Waals surface area contributed by atoms with Crippen LogP contribution >= 0.6 is 11.6 Å². The maximum absolute atomic E-state index is 13.5. The Balaban J connectivity index is 1.78. The molecule has 0 radical (unpaired) electrons. The van der Waals surface area contributed by atoms with E-state index in [-0.39, 0.29) is 29.9 Å². The van der Waals surface area contributed by atoms with E-state index in [1.54, 1.807) is 24.3 Å². The topological polar surface area (TPSA) is 80.0 Å². The normalized spacial score (nSPS) is 16.8. The lowest BCUT2D eigenvalue weighted by atomic mass is 9.85. The minimum atomic E-state index is -0.758. The lowest BCUT2D eigenvalue weighted by Crippen LogP contribution is -2.34. The molecule has 2 aromatic carbocycles. The van der Waals surface area contributed by atoms with Gasteiger partial charge < -0.3 is 19.2 Å². The summed E-state index contributed by atoms with van der Waals surface area (Å²) in [6.45, 7) is 6.82. The number of ketones is 1. The fourth-order valence-electron chi connectivity index (χ4n) is 4.08. The second-order valence-electron chi connectivity index (χ2n) is 9.15. The molecule has 4 rings (SSSR count). The number of carbonyl (C=O) groups is 2. The number of methoxy groups -OCH3 is 1. The molecule has 0 spiro atoms. The third-order valence-electron chi connectivity index (χ3n) is 5.88. The average Bonchev–Trinajstić information content (AvgIpc) is 3.30. The molecule has 1 aliphatic rings. The fraction of sp³-hybridized carbons (Fsp3) is 0.308. The Labute approximate surface area is 197 Å². The molecule has 172 valence electrons. The molecule has 1 N–H and O–H groups in total. The lowest BCUT2D eigenvalue weighted by Gasteiger charge is -2.27. The molecule has 0 saturated carbocycles. The highest BCUT2D eigenvalue weighted by molar-refractivity contribution is 6.31. The Morgan fingerprint density at radius 2 is 1.85 bits per heavy atom. The summed E-state index contributed by atoms with van der Waals surface area (Å²) in [6.07, 6.45) is 0. The number of aliphatic hydroxyl groups is 1. The minimum absolute atomic E-state index is 0.00948. The molecule has 3 aromatic rings. The zero-order chi connectivity index (χ0) is 23.9. The van der Waals surface area contributed by atoms with E-state index in [9.17, 15) is 14.7 Å². The van der Waals surface area contributed by atoms with E-state index in [2.05, 4.69) is 20.8 Å². The van der Waals surface area contributed by atoms with Crippen LogP contribution in [0.3, 0.4) is 0 Å². The van der Waals surface area contributed by atoms with Gasteiger partial charge in [-0.25, -0.2) is 0 Å². The van der Waals surface area contributed by atoms with Gasteiger partial charge >= 0.3 is 0 Å². The van der Waals surface area contributed by atoms with Gasteiger partial charge in [-0.2, -0.15) is 0 Å². The molecule has 1 aliphatic heterocycles. The number of benzene rings is 2. The van der Waals surface area contributed by atoms with Crippen LogP contribution < -0.4 is 0 Å². The van der Waals surface area contributed by atoms with Crippen molar-refractivity contribution in [1.82, 2.24) is 4.90 Å². The van der Waals surface area contributed by atoms with Crippen molar-refractivity contribution < 1.29 is 23.8 Å². The van der Waals surface area contributed by atoms with E-state index < -0.39 is 23.5 Å². The number of Topliss-reactive ketones (excluding diaryl/α,β-unsaturated/α-hetero) is 1. The van der Waals surface area contributed by atoms with Crippen LogP contribution in [0.4, 0.5) is 0 Å². The van der Waals surface area contributed by atoms with E-state index >= 15 is 0 Å². The summed E-state index contributed by atoms with van der Waals surface area (Å²) in [6, 6.07) is 13.6. The molecule has 6 nitrogen and oxygen atoms in total. The maximum atomic E-state index is 13.5. The summed E-state index contributed by atoms with van der Waals surface area (Å²) in [5.41, 5.74) is 2.28. The van der Waals surface area contributed by atoms with Crippen molar-refractivity contribution >= 4 is 34.3 Å². The predicted molar refractivity (Wildman–Crippen MR) is 127 cm³/mol. The summed E-state index contributed by atoms with van der Waals surface area (Å²) in [4.78, 5) is 27.9. The molecule has 1 aromatic heterocycles. The van der Waals surface area contributed by atoms with E-state index in [0.29, 0.717) is 16.0 Å². The second kappa shape index (κ2) is 8.69. The van der Waals surface area contributed by atoms with E-state index in [1.165, 1.54) is 12.0 Å². The predicted octanol–water partition coefficient (Wildman–Crippen LogP) is 5.61. The molecule has 1 unspecified atom stereocenters. The van der Waals surface area contributed by atoms with Crippen LogP contribution in [0, 0.1) is 0 Å². The number of fused-ring (bicyclic) bond motifs is 1. The molecule has 33 heavy (non-hydrogen) atoms. The molecular formula is C26H26ClNO5. The van der Waals surface area contributed by atoms with Crippen LogP contribution in [-0.2, 0) is 14.9 Å². The monoisotopic (exact) mass is 467 g/mol. The Hall–Kier alpha value is -3.09. The second-order valence-corrected chi connectivity index (χ2v) is 9.59. The lowest BCUT2D eigenvalue weighted by molar-refractivity contribution is -0.130. The first-order valence-corrected chi connectivity index (χ1v) is 11.1. The Morgan fingerprint density at radius 3 is 2.48 bits per heavy atom. The van der Waals surface area contributed by atoms with Crippen LogP contribution in [0.5, 0.6) is 0 Å². The highest BCUT2D eigenvalue weighted by Gasteiger charge is 2.44. The molecule has 0 saturated heterocycles. The number of aliphatic hydroxyl groups excluding tert-OH is 1. The van der Waals surface area contributed by atoms with Crippen LogP contribution in [0.2, 0.25) is 5.02 Å². The van der Waals surface area contributed by atoms with Gasteiger partial charge in [0, 0.05) is 24.1 Å². The number of hydrogen-bond acceptors (Lipinski definition) is 5. The van der Waals surface area contributed by atoms with Gasteiger partial charge in [-0.15, -0.1) is 0 Å². The van der Waals surface area contributed by atoms with E-state index in [4.69, 9.17) is 20.8 Å². The third-order valence-corrected chi connectivity index (χ3v) is 6.11. The number of furan rings is 1. The first kappa shape index (κ1) is 23.1. The average molecular weight is 468 g/mol. The number of rotatable bonds is 6. The molecule has 7 heteroatoms. The highest BCUT2D eigenvalue weighted by Crippen LogP contribution is 2.40. The first-order valence-electron chi connectivity index (χ1n) is 10.7. The minimum Gasteiger partial charge on any atom is -0.503 e. The molecular weight excluding hydrogens is 442 g/mol. The highest BCUT2D eigenvalue weighted by atomic mass is 35.5. The zero-order valence-corrected chi connectivity index (χ0v) is 19.8. The van der Waals surface area contributed by atoms with Gasteiger partial charge in [-0.1, -0.05) is 56.6 Å². The summed E-state index contributed by atoms with van der Waals surface area (Å²) in [5.74, 6) is -1.69. The summed E-state index contributed by atoms with van der Waals surface area (Å²) in [7, 11) is 1.53. The quantitative estimate of drug-likeness (QED) is 0.477. The maximum Gasteiger partial charge on any atom is 0.290 e. The van der Waals surface area contributed by atoms with Crippen LogP contribution in [-0.4, -0.2) is 42.0 Å². The Morgan fingerprint density at radius 1 is 1.15 bits per heavy atom. The number of halogens is 1. The standard InChI is InChI=1S/C26H26ClNO5/c1-26(2,3)17-7-5-15(6-8-17)22-21(24(30)25(31)28(22)11-12-32-4)23(29)20-14-16-13-18(27)9-10-19(16)33-20/h5-10,13-14,22,30H,11-12H2,1-4H3. The molecule has 0 fully saturated rings. The van der Waals surface area contributed by atoms with Gasteiger partial charge in [0.05, 0.1) is 18.2 Å². The Bertz CT molecular complexity index is 1250. The molecule has 1 amide bonds.